The molecule has 2 aliphatic rings. The first-order valence-corrected chi connectivity index (χ1v) is 11.0. The van der Waals surface area contributed by atoms with Crippen LogP contribution in [0.2, 0.25) is 0 Å². The van der Waals surface area contributed by atoms with Gasteiger partial charge in [0.25, 0.3) is 21.4 Å². The van der Waals surface area contributed by atoms with Crippen LogP contribution in [-0.2, 0) is 15.0 Å². The molecular weight excluding hydrogens is 416 g/mol. The zero-order valence-corrected chi connectivity index (χ0v) is 17.3. The minimum atomic E-state index is -3.46. The molecule has 4 heterocycles. The number of hydrogen-bond acceptors (Lipinski definition) is 7. The van der Waals surface area contributed by atoms with Crippen LogP contribution < -0.4 is 5.32 Å². The lowest BCUT2D eigenvalue weighted by atomic mass is 10.0. The number of furan rings is 1. The van der Waals surface area contributed by atoms with E-state index in [0.717, 1.165) is 28.3 Å². The quantitative estimate of drug-likeness (QED) is 0.733. The van der Waals surface area contributed by atoms with Crippen LogP contribution in [0.5, 0.6) is 0 Å². The van der Waals surface area contributed by atoms with Gasteiger partial charge in [0.1, 0.15) is 11.3 Å². The fourth-order valence-electron chi connectivity index (χ4n) is 3.17. The highest BCUT2D eigenvalue weighted by atomic mass is 32.2. The summed E-state index contributed by atoms with van der Waals surface area (Å²) in [6, 6.07) is 1.75. The van der Waals surface area contributed by atoms with Crippen molar-refractivity contribution < 1.29 is 22.4 Å². The number of carbonyl (C=O) groups is 2. The second kappa shape index (κ2) is 7.41. The van der Waals surface area contributed by atoms with Crippen LogP contribution in [0.25, 0.3) is 22.6 Å². The molecule has 9 nitrogen and oxygen atoms in total. The van der Waals surface area contributed by atoms with Crippen LogP contribution in [-0.4, -0.2) is 60.3 Å². The third kappa shape index (κ3) is 3.73. The van der Waals surface area contributed by atoms with Crippen LogP contribution in [0.15, 0.2) is 33.9 Å². The zero-order chi connectivity index (χ0) is 20.8. The standard InChI is InChI=1S/C18H18N4O5S2/c1-21(2)29(25,26)22-5-3-11(4-6-22)14-10-19-9-12-7-13(27-16(12)14)8-15-17(23)20-18(24)28-15/h3,7-10H,4-6H2,1-2H3,(H,20,23,24)/b15-8+. The third-order valence-electron chi connectivity index (χ3n) is 4.66. The lowest BCUT2D eigenvalue weighted by Crippen LogP contribution is -2.42. The number of aromatic nitrogens is 1. The van der Waals surface area contributed by atoms with Crippen molar-refractivity contribution in [3.63, 3.8) is 0 Å². The zero-order valence-electron chi connectivity index (χ0n) is 15.7. The summed E-state index contributed by atoms with van der Waals surface area (Å²) in [6.07, 6.45) is 7.25. The predicted octanol–water partition coefficient (Wildman–Crippen LogP) is 2.05. The molecule has 2 amide bonds. The summed E-state index contributed by atoms with van der Waals surface area (Å²) in [7, 11) is -0.443. The normalized spacial score (nSPS) is 20.0. The summed E-state index contributed by atoms with van der Waals surface area (Å²) in [5, 5.41) is 2.55. The van der Waals surface area contributed by atoms with E-state index in [4.69, 9.17) is 4.42 Å². The van der Waals surface area contributed by atoms with Crippen molar-refractivity contribution in [2.24, 2.45) is 0 Å². The lowest BCUT2D eigenvalue weighted by Gasteiger charge is -2.28. The average molecular weight is 434 g/mol. The van der Waals surface area contributed by atoms with Crippen LogP contribution in [0.3, 0.4) is 0 Å². The highest BCUT2D eigenvalue weighted by Gasteiger charge is 2.28. The topological polar surface area (TPSA) is 113 Å². The van der Waals surface area contributed by atoms with Crippen molar-refractivity contribution in [1.82, 2.24) is 18.9 Å². The Balaban J connectivity index is 1.65. The lowest BCUT2D eigenvalue weighted by molar-refractivity contribution is -0.115. The minimum absolute atomic E-state index is 0.267. The van der Waals surface area contributed by atoms with Crippen LogP contribution in [0, 0.1) is 0 Å². The van der Waals surface area contributed by atoms with E-state index in [2.05, 4.69) is 10.3 Å². The molecule has 29 heavy (non-hydrogen) atoms. The molecule has 2 aromatic rings. The van der Waals surface area contributed by atoms with Gasteiger partial charge in [-0.2, -0.15) is 17.0 Å². The fraction of sp³-hybridized carbons (Fsp3) is 0.278. The van der Waals surface area contributed by atoms with Crippen LogP contribution in [0.4, 0.5) is 4.79 Å². The Morgan fingerprint density at radius 1 is 1.31 bits per heavy atom. The number of nitrogens with zero attached hydrogens (tertiary/aromatic N) is 3. The van der Waals surface area contributed by atoms with Crippen molar-refractivity contribution in [2.45, 2.75) is 6.42 Å². The van der Waals surface area contributed by atoms with E-state index in [9.17, 15) is 18.0 Å². The first-order chi connectivity index (χ1) is 13.8. The first-order valence-electron chi connectivity index (χ1n) is 8.75. The molecule has 0 bridgehead atoms. The minimum Gasteiger partial charge on any atom is -0.456 e. The molecular formula is C18H18N4O5S2. The number of rotatable bonds is 4. The number of pyridine rings is 1. The highest BCUT2D eigenvalue weighted by molar-refractivity contribution is 8.18. The van der Waals surface area contributed by atoms with Gasteiger partial charge in [0.2, 0.25) is 0 Å². The predicted molar refractivity (Wildman–Crippen MR) is 110 cm³/mol. The smallest absolute Gasteiger partial charge is 0.290 e. The molecule has 1 fully saturated rings. The Labute approximate surface area is 171 Å². The molecule has 1 N–H and O–H groups in total. The van der Waals surface area contributed by atoms with Gasteiger partial charge in [-0.1, -0.05) is 6.08 Å². The number of fused-ring (bicyclic) bond motifs is 1. The van der Waals surface area contributed by atoms with E-state index in [0.29, 0.717) is 24.3 Å². The molecule has 0 radical (unpaired) electrons. The maximum atomic E-state index is 12.3. The van der Waals surface area contributed by atoms with E-state index in [-0.39, 0.29) is 11.4 Å². The summed E-state index contributed by atoms with van der Waals surface area (Å²) in [6.45, 7) is 0.627. The van der Waals surface area contributed by atoms with E-state index in [1.807, 2.05) is 6.08 Å². The monoisotopic (exact) mass is 434 g/mol. The third-order valence-corrected chi connectivity index (χ3v) is 7.38. The molecule has 2 aliphatic heterocycles. The van der Waals surface area contributed by atoms with Gasteiger partial charge in [0.15, 0.2) is 0 Å². The fourth-order valence-corrected chi connectivity index (χ4v) is 4.88. The van der Waals surface area contributed by atoms with Gasteiger partial charge in [0, 0.05) is 56.6 Å². The molecule has 0 atom stereocenters. The molecule has 0 saturated carbocycles. The Kier molecular flexibility index (Phi) is 5.07. The maximum Gasteiger partial charge on any atom is 0.290 e. The Hall–Kier alpha value is -2.47. The van der Waals surface area contributed by atoms with Crippen molar-refractivity contribution in [3.05, 3.63) is 40.8 Å². The van der Waals surface area contributed by atoms with Crippen LogP contribution in [0.1, 0.15) is 17.7 Å². The Bertz CT molecular complexity index is 1180. The van der Waals surface area contributed by atoms with Gasteiger partial charge in [-0.3, -0.25) is 19.9 Å². The molecule has 2 aromatic heterocycles. The van der Waals surface area contributed by atoms with Crippen molar-refractivity contribution in [1.29, 1.82) is 0 Å². The molecule has 4 rings (SSSR count). The SMILES string of the molecule is CN(C)S(=O)(=O)N1CC=C(c2cncc3cc(/C=C4/SC(=O)NC4=O)oc23)CC1. The van der Waals surface area contributed by atoms with Gasteiger partial charge >= 0.3 is 0 Å². The summed E-state index contributed by atoms with van der Waals surface area (Å²) in [5.74, 6) is -0.00851. The summed E-state index contributed by atoms with van der Waals surface area (Å²) < 4.78 is 33.1. The van der Waals surface area contributed by atoms with E-state index in [1.54, 1.807) is 18.5 Å². The van der Waals surface area contributed by atoms with Crippen molar-refractivity contribution >= 4 is 55.7 Å². The number of hydrogen-bond donors (Lipinski definition) is 1. The van der Waals surface area contributed by atoms with E-state index < -0.39 is 21.4 Å². The summed E-state index contributed by atoms with van der Waals surface area (Å²) >= 11 is 0.824. The summed E-state index contributed by atoms with van der Waals surface area (Å²) in [4.78, 5) is 27.6. The van der Waals surface area contributed by atoms with Crippen molar-refractivity contribution in [2.75, 3.05) is 27.2 Å². The second-order valence-corrected chi connectivity index (χ2v) is 9.89. The van der Waals surface area contributed by atoms with Crippen LogP contribution >= 0.6 is 11.8 Å². The van der Waals surface area contributed by atoms with E-state index >= 15 is 0 Å². The van der Waals surface area contributed by atoms with Crippen molar-refractivity contribution in [3.8, 4) is 0 Å². The van der Waals surface area contributed by atoms with E-state index in [1.165, 1.54) is 28.8 Å². The van der Waals surface area contributed by atoms with Gasteiger partial charge in [-0.25, -0.2) is 0 Å². The number of amides is 2. The number of imide groups is 1. The number of nitrogens with one attached hydrogen (secondary N) is 1. The average Bonchev–Trinajstić information content (AvgIpc) is 3.23. The highest BCUT2D eigenvalue weighted by Crippen LogP contribution is 2.33. The molecule has 0 unspecified atom stereocenters. The number of carbonyl (C=O) groups excluding carboxylic acids is 2. The van der Waals surface area contributed by atoms with Gasteiger partial charge < -0.3 is 4.42 Å². The largest absolute Gasteiger partial charge is 0.456 e. The molecule has 0 aliphatic carbocycles. The first kappa shape index (κ1) is 19.8. The molecule has 0 spiro atoms. The Morgan fingerprint density at radius 3 is 2.72 bits per heavy atom. The molecule has 11 heteroatoms. The molecule has 152 valence electrons. The van der Waals surface area contributed by atoms with Gasteiger partial charge in [-0.05, 0) is 29.8 Å². The second-order valence-electron chi connectivity index (χ2n) is 6.73. The molecule has 0 aromatic carbocycles. The maximum absolute atomic E-state index is 12.3. The Morgan fingerprint density at radius 2 is 2.10 bits per heavy atom. The number of thioether (sulfide) groups is 1. The van der Waals surface area contributed by atoms with Gasteiger partial charge in [-0.15, -0.1) is 0 Å². The summed E-state index contributed by atoms with van der Waals surface area (Å²) in [5.41, 5.74) is 2.34. The molecule has 1 saturated heterocycles. The van der Waals surface area contributed by atoms with Gasteiger partial charge in [0.05, 0.1) is 4.91 Å².